The molecule has 0 bridgehead atoms. The Kier molecular flexibility index (Phi) is 6.29. The summed E-state index contributed by atoms with van der Waals surface area (Å²) in [4.78, 5) is 2.41. The van der Waals surface area contributed by atoms with Crippen LogP contribution in [0.15, 0.2) is 22.7 Å². The Morgan fingerprint density at radius 2 is 2.35 bits per heavy atom. The number of benzene rings is 1. The van der Waals surface area contributed by atoms with Gasteiger partial charge >= 0.3 is 0 Å². The number of rotatable bonds is 6. The van der Waals surface area contributed by atoms with E-state index in [4.69, 9.17) is 9.47 Å². The summed E-state index contributed by atoms with van der Waals surface area (Å²) in [6.45, 7) is 7.28. The molecule has 0 amide bonds. The molecule has 1 saturated heterocycles. The van der Waals surface area contributed by atoms with E-state index in [-0.39, 0.29) is 0 Å². The lowest BCUT2D eigenvalue weighted by molar-refractivity contribution is 0.0531. The van der Waals surface area contributed by atoms with E-state index in [0.29, 0.717) is 6.10 Å². The van der Waals surface area contributed by atoms with Gasteiger partial charge in [0, 0.05) is 43.4 Å². The van der Waals surface area contributed by atoms with Crippen LogP contribution >= 0.6 is 15.9 Å². The lowest BCUT2D eigenvalue weighted by Gasteiger charge is -2.34. The highest BCUT2D eigenvalue weighted by atomic mass is 79.9. The van der Waals surface area contributed by atoms with E-state index < -0.39 is 0 Å². The highest BCUT2D eigenvalue weighted by Gasteiger charge is 2.19. The molecule has 0 aromatic heterocycles. The van der Waals surface area contributed by atoms with Gasteiger partial charge in [-0.25, -0.2) is 0 Å². The summed E-state index contributed by atoms with van der Waals surface area (Å²) in [5.74, 6) is 0. The average Bonchev–Trinajstić information content (AvgIpc) is 2.44. The van der Waals surface area contributed by atoms with Gasteiger partial charge in [0.1, 0.15) is 0 Å². The minimum Gasteiger partial charge on any atom is -0.383 e. The smallest absolute Gasteiger partial charge is 0.0722 e. The highest BCUT2D eigenvalue weighted by molar-refractivity contribution is 9.10. The van der Waals surface area contributed by atoms with Crippen LogP contribution in [0.2, 0.25) is 0 Å². The molecular weight excluding hydrogens is 320 g/mol. The molecule has 5 heteroatoms. The van der Waals surface area contributed by atoms with E-state index in [0.717, 1.165) is 43.9 Å². The van der Waals surface area contributed by atoms with Gasteiger partial charge in [-0.15, -0.1) is 0 Å². The van der Waals surface area contributed by atoms with Crippen molar-refractivity contribution in [3.63, 3.8) is 0 Å². The number of morpholine rings is 1. The summed E-state index contributed by atoms with van der Waals surface area (Å²) >= 11 is 3.56. The Hall–Kier alpha value is -0.620. The summed E-state index contributed by atoms with van der Waals surface area (Å²) in [7, 11) is 1.72. The molecule has 4 nitrogen and oxygen atoms in total. The molecule has 1 aliphatic rings. The minimum atomic E-state index is 0.293. The van der Waals surface area contributed by atoms with E-state index in [2.05, 4.69) is 51.3 Å². The zero-order valence-corrected chi connectivity index (χ0v) is 13.8. The number of methoxy groups -OCH3 is 1. The number of halogens is 1. The molecule has 0 saturated carbocycles. The standard InChI is InChI=1S/C15H23BrN2O2/c1-12-11-18(6-8-20-12)15-4-3-14(16)9-13(15)10-17-5-7-19-2/h3-4,9,12,17H,5-8,10-11H2,1-2H3. The van der Waals surface area contributed by atoms with Crippen LogP contribution in [0.25, 0.3) is 0 Å². The molecule has 112 valence electrons. The average molecular weight is 343 g/mol. The summed E-state index contributed by atoms with van der Waals surface area (Å²) in [6.07, 6.45) is 0.293. The van der Waals surface area contributed by atoms with E-state index >= 15 is 0 Å². The maximum absolute atomic E-state index is 5.62. The third kappa shape index (κ3) is 4.45. The molecule has 2 rings (SSSR count). The van der Waals surface area contributed by atoms with Gasteiger partial charge < -0.3 is 19.7 Å². The fraction of sp³-hybridized carbons (Fsp3) is 0.600. The number of nitrogens with zero attached hydrogens (tertiary/aromatic N) is 1. The van der Waals surface area contributed by atoms with Crippen LogP contribution in [-0.4, -0.2) is 46.1 Å². The van der Waals surface area contributed by atoms with E-state index in [9.17, 15) is 0 Å². The number of anilines is 1. The number of ether oxygens (including phenoxy) is 2. The first-order valence-corrected chi connectivity index (χ1v) is 7.84. The van der Waals surface area contributed by atoms with Gasteiger partial charge in [0.25, 0.3) is 0 Å². The normalized spacial score (nSPS) is 19.4. The van der Waals surface area contributed by atoms with Crippen molar-refractivity contribution in [3.8, 4) is 0 Å². The van der Waals surface area contributed by atoms with Gasteiger partial charge in [-0.3, -0.25) is 0 Å². The first kappa shape index (κ1) is 15.8. The molecule has 1 heterocycles. The summed E-state index contributed by atoms with van der Waals surface area (Å²) in [5, 5.41) is 3.42. The second-order valence-corrected chi connectivity index (χ2v) is 5.99. The van der Waals surface area contributed by atoms with Crippen LogP contribution in [-0.2, 0) is 16.0 Å². The van der Waals surface area contributed by atoms with Gasteiger partial charge in [-0.05, 0) is 30.7 Å². The zero-order valence-electron chi connectivity index (χ0n) is 12.2. The Morgan fingerprint density at radius 3 is 3.10 bits per heavy atom. The van der Waals surface area contributed by atoms with Gasteiger partial charge in [0.15, 0.2) is 0 Å². The maximum atomic E-state index is 5.62. The van der Waals surface area contributed by atoms with E-state index in [1.165, 1.54) is 11.3 Å². The molecule has 1 unspecified atom stereocenters. The van der Waals surface area contributed by atoms with Crippen molar-refractivity contribution < 1.29 is 9.47 Å². The van der Waals surface area contributed by atoms with Crippen molar-refractivity contribution in [2.24, 2.45) is 0 Å². The van der Waals surface area contributed by atoms with Crippen LogP contribution in [0.3, 0.4) is 0 Å². The topological polar surface area (TPSA) is 33.7 Å². The second kappa shape index (κ2) is 7.98. The van der Waals surface area contributed by atoms with Gasteiger partial charge in [0.2, 0.25) is 0 Å². The summed E-state index contributed by atoms with van der Waals surface area (Å²) < 4.78 is 11.8. The number of nitrogens with one attached hydrogen (secondary N) is 1. The van der Waals surface area contributed by atoms with Gasteiger partial charge in [0.05, 0.1) is 19.3 Å². The molecule has 1 fully saturated rings. The summed E-state index contributed by atoms with van der Waals surface area (Å²) in [5.41, 5.74) is 2.61. The quantitative estimate of drug-likeness (QED) is 0.805. The molecule has 20 heavy (non-hydrogen) atoms. The number of hydrogen-bond acceptors (Lipinski definition) is 4. The molecular formula is C15H23BrN2O2. The Morgan fingerprint density at radius 1 is 1.50 bits per heavy atom. The Labute approximate surface area is 129 Å². The van der Waals surface area contributed by atoms with Crippen LogP contribution in [0.1, 0.15) is 12.5 Å². The van der Waals surface area contributed by atoms with E-state index in [1.807, 2.05) is 0 Å². The number of hydrogen-bond donors (Lipinski definition) is 1. The fourth-order valence-corrected chi connectivity index (χ4v) is 2.85. The third-order valence-corrected chi connectivity index (χ3v) is 3.91. The fourth-order valence-electron chi connectivity index (χ4n) is 2.44. The van der Waals surface area contributed by atoms with Crippen molar-refractivity contribution >= 4 is 21.6 Å². The Bertz CT molecular complexity index is 428. The van der Waals surface area contributed by atoms with E-state index in [1.54, 1.807) is 7.11 Å². The van der Waals surface area contributed by atoms with Crippen LogP contribution in [0.4, 0.5) is 5.69 Å². The van der Waals surface area contributed by atoms with Gasteiger partial charge in [-0.1, -0.05) is 15.9 Å². The summed E-state index contributed by atoms with van der Waals surface area (Å²) in [6, 6.07) is 6.48. The zero-order chi connectivity index (χ0) is 14.4. The highest BCUT2D eigenvalue weighted by Crippen LogP contribution is 2.26. The molecule has 0 aliphatic carbocycles. The molecule has 1 aromatic carbocycles. The SMILES string of the molecule is COCCNCc1cc(Br)ccc1N1CCOC(C)C1. The molecule has 1 atom stereocenters. The van der Waals surface area contributed by atoms with Crippen LogP contribution in [0.5, 0.6) is 0 Å². The first-order chi connectivity index (χ1) is 9.70. The first-order valence-electron chi connectivity index (χ1n) is 7.05. The van der Waals surface area contributed by atoms with Crippen LogP contribution in [0, 0.1) is 0 Å². The van der Waals surface area contributed by atoms with Gasteiger partial charge in [-0.2, -0.15) is 0 Å². The second-order valence-electron chi connectivity index (χ2n) is 5.07. The molecule has 1 aromatic rings. The third-order valence-electron chi connectivity index (χ3n) is 3.42. The van der Waals surface area contributed by atoms with Crippen molar-refractivity contribution in [2.45, 2.75) is 19.6 Å². The predicted molar refractivity (Wildman–Crippen MR) is 85.4 cm³/mol. The maximum Gasteiger partial charge on any atom is 0.0722 e. The molecule has 0 spiro atoms. The monoisotopic (exact) mass is 342 g/mol. The minimum absolute atomic E-state index is 0.293. The Balaban J connectivity index is 2.06. The lowest BCUT2D eigenvalue weighted by Crippen LogP contribution is -2.41. The van der Waals surface area contributed by atoms with Crippen molar-refractivity contribution in [2.75, 3.05) is 44.9 Å². The van der Waals surface area contributed by atoms with Crippen LogP contribution < -0.4 is 10.2 Å². The van der Waals surface area contributed by atoms with Crippen molar-refractivity contribution in [1.82, 2.24) is 5.32 Å². The lowest BCUT2D eigenvalue weighted by atomic mass is 10.1. The molecule has 1 aliphatic heterocycles. The molecule has 0 radical (unpaired) electrons. The van der Waals surface area contributed by atoms with Crippen molar-refractivity contribution in [1.29, 1.82) is 0 Å². The molecule has 1 N–H and O–H groups in total. The van der Waals surface area contributed by atoms with Crippen molar-refractivity contribution in [3.05, 3.63) is 28.2 Å². The predicted octanol–water partition coefficient (Wildman–Crippen LogP) is 2.41. The largest absolute Gasteiger partial charge is 0.383 e.